The Kier molecular flexibility index (Phi) is 4.56. The van der Waals surface area contributed by atoms with Gasteiger partial charge >= 0.3 is 35.5 Å². The molecule has 3 aliphatic rings. The number of methoxy groups -OCH3 is 1. The third-order valence-electron chi connectivity index (χ3n) is 4.37. The summed E-state index contributed by atoms with van der Waals surface area (Å²) in [5, 5.41) is 21.6. The molecule has 1 saturated carbocycles. The van der Waals surface area contributed by atoms with E-state index >= 15 is 0 Å². The average molecular weight is 290 g/mol. The number of ketones is 1. The Balaban J connectivity index is 0.00000200. The molecule has 104 valence electrons. The first-order valence-corrected chi connectivity index (χ1v) is 5.93. The Labute approximate surface area is 138 Å². The number of carbonyl (C=O) groups excluding carboxylic acids is 3. The Morgan fingerprint density at radius 2 is 1.95 bits per heavy atom. The molecular formula is C13H15NaO6. The molecule has 1 N–H and O–H groups in total. The predicted octanol–water partition coefficient (Wildman–Crippen LogP) is -4.33. The molecule has 5 unspecified atom stereocenters. The van der Waals surface area contributed by atoms with Gasteiger partial charge in [0.15, 0.2) is 5.78 Å². The summed E-state index contributed by atoms with van der Waals surface area (Å²) >= 11 is 0. The van der Waals surface area contributed by atoms with Crippen LogP contribution in [0.2, 0.25) is 0 Å². The molecular weight excluding hydrogens is 275 g/mol. The molecule has 0 aliphatic heterocycles. The van der Waals surface area contributed by atoms with Gasteiger partial charge in [-0.1, -0.05) is 12.2 Å². The van der Waals surface area contributed by atoms with Crippen LogP contribution in [0.25, 0.3) is 0 Å². The van der Waals surface area contributed by atoms with Crippen LogP contribution < -0.4 is 34.7 Å². The number of ether oxygens (including phenoxy) is 1. The largest absolute Gasteiger partial charge is 1.00 e. The summed E-state index contributed by atoms with van der Waals surface area (Å²) in [6.45, 7) is 2.71. The van der Waals surface area contributed by atoms with E-state index in [4.69, 9.17) is 0 Å². The van der Waals surface area contributed by atoms with Gasteiger partial charge in [-0.2, -0.15) is 0 Å². The fourth-order valence-electron chi connectivity index (χ4n) is 3.36. The van der Waals surface area contributed by atoms with Crippen molar-refractivity contribution < 1.29 is 58.9 Å². The van der Waals surface area contributed by atoms with Gasteiger partial charge in [0.05, 0.1) is 18.4 Å². The van der Waals surface area contributed by atoms with E-state index in [1.807, 2.05) is 0 Å². The van der Waals surface area contributed by atoms with Crippen LogP contribution in [0.4, 0.5) is 0 Å². The standard InChI is InChI=1S/C13H16O6.Na/c1-12-5-4-6(13(2,18)11(12)17)7(9(14)15)8(12)10(16)19-3;/h4-8,18H,1-3H3,(H,14,15);/q;+1/p-1. The van der Waals surface area contributed by atoms with Crippen LogP contribution in [-0.2, 0) is 19.1 Å². The minimum Gasteiger partial charge on any atom is -0.550 e. The van der Waals surface area contributed by atoms with Gasteiger partial charge in [0.2, 0.25) is 0 Å². The second-order valence-electron chi connectivity index (χ2n) is 5.49. The molecule has 0 saturated heterocycles. The zero-order valence-electron chi connectivity index (χ0n) is 11.9. The van der Waals surface area contributed by atoms with Crippen molar-refractivity contribution in [3.8, 4) is 0 Å². The second kappa shape index (κ2) is 5.26. The zero-order chi connectivity index (χ0) is 14.6. The summed E-state index contributed by atoms with van der Waals surface area (Å²) in [7, 11) is 1.13. The Morgan fingerprint density at radius 3 is 2.40 bits per heavy atom. The third kappa shape index (κ3) is 2.06. The maximum absolute atomic E-state index is 12.3. The van der Waals surface area contributed by atoms with Crippen molar-refractivity contribution in [2.24, 2.45) is 23.2 Å². The van der Waals surface area contributed by atoms with E-state index in [0.29, 0.717) is 0 Å². The monoisotopic (exact) mass is 290 g/mol. The number of carboxylic acids is 1. The first kappa shape index (κ1) is 17.4. The number of Topliss-reactive ketones (excluding diaryl/α,β-unsaturated/α-hetero) is 1. The molecule has 0 heterocycles. The summed E-state index contributed by atoms with van der Waals surface area (Å²) in [4.78, 5) is 35.5. The van der Waals surface area contributed by atoms with Crippen molar-refractivity contribution in [3.63, 3.8) is 0 Å². The van der Waals surface area contributed by atoms with Crippen molar-refractivity contribution in [3.05, 3.63) is 12.2 Å². The number of allylic oxidation sites excluding steroid dienone is 1. The Bertz CT molecular complexity index is 497. The molecule has 6 nitrogen and oxygen atoms in total. The number of esters is 1. The number of aliphatic hydroxyl groups is 1. The summed E-state index contributed by atoms with van der Waals surface area (Å²) in [6.07, 6.45) is 2.96. The number of hydrogen-bond acceptors (Lipinski definition) is 6. The fraction of sp³-hybridized carbons (Fsp3) is 0.615. The summed E-state index contributed by atoms with van der Waals surface area (Å²) in [5.74, 6) is -6.27. The number of aliphatic carboxylic acids is 1. The quantitative estimate of drug-likeness (QED) is 0.313. The molecule has 1 fully saturated rings. The van der Waals surface area contributed by atoms with Crippen molar-refractivity contribution in [1.29, 1.82) is 0 Å². The maximum atomic E-state index is 12.3. The number of rotatable bonds is 2. The van der Waals surface area contributed by atoms with E-state index in [2.05, 4.69) is 4.74 Å². The molecule has 0 aromatic heterocycles. The molecule has 2 bridgehead atoms. The first-order chi connectivity index (χ1) is 8.67. The normalized spacial score (nSPS) is 42.0. The molecule has 0 spiro atoms. The van der Waals surface area contributed by atoms with Crippen molar-refractivity contribution in [2.45, 2.75) is 19.4 Å². The molecule has 0 radical (unpaired) electrons. The number of fused-ring (bicyclic) bond motifs is 2. The van der Waals surface area contributed by atoms with Crippen LogP contribution in [0.1, 0.15) is 13.8 Å². The minimum atomic E-state index is -1.82. The Hall–Kier alpha value is -0.690. The van der Waals surface area contributed by atoms with Gasteiger partial charge in [-0.3, -0.25) is 9.59 Å². The molecule has 0 aromatic carbocycles. The van der Waals surface area contributed by atoms with Crippen LogP contribution in [0, 0.1) is 23.2 Å². The summed E-state index contributed by atoms with van der Waals surface area (Å²) < 4.78 is 4.61. The smallest absolute Gasteiger partial charge is 0.550 e. The van der Waals surface area contributed by atoms with E-state index in [-0.39, 0.29) is 29.6 Å². The molecule has 0 amide bonds. The molecule has 3 rings (SSSR count). The molecule has 7 heteroatoms. The first-order valence-electron chi connectivity index (χ1n) is 5.93. The van der Waals surface area contributed by atoms with E-state index in [0.717, 1.165) is 7.11 Å². The van der Waals surface area contributed by atoms with Crippen molar-refractivity contribution in [1.82, 2.24) is 0 Å². The number of carbonyl (C=O) groups is 3. The van der Waals surface area contributed by atoms with Gasteiger partial charge in [0, 0.05) is 17.8 Å². The Morgan fingerprint density at radius 1 is 1.40 bits per heavy atom. The van der Waals surface area contributed by atoms with Crippen molar-refractivity contribution in [2.75, 3.05) is 7.11 Å². The van der Waals surface area contributed by atoms with Gasteiger partial charge in [-0.05, 0) is 13.8 Å². The maximum Gasteiger partial charge on any atom is 1.00 e. The zero-order valence-corrected chi connectivity index (χ0v) is 13.9. The second-order valence-corrected chi connectivity index (χ2v) is 5.49. The van der Waals surface area contributed by atoms with E-state index < -0.39 is 46.5 Å². The number of hydrogen-bond donors (Lipinski definition) is 1. The van der Waals surface area contributed by atoms with Crippen LogP contribution in [0.3, 0.4) is 0 Å². The van der Waals surface area contributed by atoms with Crippen LogP contribution >= 0.6 is 0 Å². The third-order valence-corrected chi connectivity index (χ3v) is 4.37. The van der Waals surface area contributed by atoms with E-state index in [9.17, 15) is 24.6 Å². The van der Waals surface area contributed by atoms with Gasteiger partial charge in [0.25, 0.3) is 0 Å². The van der Waals surface area contributed by atoms with Crippen molar-refractivity contribution >= 4 is 17.7 Å². The minimum absolute atomic E-state index is 0. The van der Waals surface area contributed by atoms with Gasteiger partial charge in [-0.15, -0.1) is 0 Å². The van der Waals surface area contributed by atoms with Gasteiger partial charge < -0.3 is 19.7 Å². The molecule has 0 aromatic rings. The fourth-order valence-corrected chi connectivity index (χ4v) is 3.36. The topological polar surface area (TPSA) is 104 Å². The van der Waals surface area contributed by atoms with Crippen LogP contribution in [0.15, 0.2) is 12.2 Å². The van der Waals surface area contributed by atoms with Crippen LogP contribution in [-0.4, -0.2) is 35.5 Å². The summed E-state index contributed by atoms with van der Waals surface area (Å²) in [6, 6.07) is 0. The SMILES string of the molecule is COC(=O)C1C(C(=O)[O-])C2C=CC1(C)C(=O)C2(C)O.[Na+]. The molecule has 5 atom stereocenters. The average Bonchev–Trinajstić information content (AvgIpc) is 2.34. The van der Waals surface area contributed by atoms with E-state index in [1.54, 1.807) is 0 Å². The predicted molar refractivity (Wildman–Crippen MR) is 60.4 cm³/mol. The van der Waals surface area contributed by atoms with E-state index in [1.165, 1.54) is 26.0 Å². The molecule has 3 aliphatic carbocycles. The number of carboxylic acid groups (broad SMARTS) is 1. The summed E-state index contributed by atoms with van der Waals surface area (Å²) in [5.41, 5.74) is -3.21. The van der Waals surface area contributed by atoms with Crippen LogP contribution in [0.5, 0.6) is 0 Å². The van der Waals surface area contributed by atoms with Gasteiger partial charge in [0.1, 0.15) is 5.60 Å². The molecule has 20 heavy (non-hydrogen) atoms. The van der Waals surface area contributed by atoms with Gasteiger partial charge in [-0.25, -0.2) is 0 Å².